The van der Waals surface area contributed by atoms with Gasteiger partial charge in [-0.3, -0.25) is 4.90 Å². The summed E-state index contributed by atoms with van der Waals surface area (Å²) in [6.07, 6.45) is 4.50. The second-order valence-electron chi connectivity index (χ2n) is 4.45. The topological polar surface area (TPSA) is 55.3 Å². The van der Waals surface area contributed by atoms with E-state index in [-0.39, 0.29) is 0 Å². The molecule has 90 valence electrons. The summed E-state index contributed by atoms with van der Waals surface area (Å²) in [6, 6.07) is 2.54. The molecule has 16 heavy (non-hydrogen) atoms. The molecule has 0 amide bonds. The van der Waals surface area contributed by atoms with Crippen LogP contribution in [0.2, 0.25) is 0 Å². The summed E-state index contributed by atoms with van der Waals surface area (Å²) in [7, 11) is 0. The smallest absolute Gasteiger partial charge is 0.137 e. The highest BCUT2D eigenvalue weighted by atomic mass is 16.5. The Morgan fingerprint density at radius 2 is 2.50 bits per heavy atom. The van der Waals surface area contributed by atoms with Crippen molar-refractivity contribution in [2.75, 3.05) is 19.6 Å². The summed E-state index contributed by atoms with van der Waals surface area (Å²) >= 11 is 0. The third-order valence-electron chi connectivity index (χ3n) is 3.19. The second kappa shape index (κ2) is 5.46. The van der Waals surface area contributed by atoms with Crippen LogP contribution in [0.25, 0.3) is 0 Å². The van der Waals surface area contributed by atoms with E-state index in [1.54, 1.807) is 0 Å². The van der Waals surface area contributed by atoms with Crippen molar-refractivity contribution >= 4 is 0 Å². The third kappa shape index (κ3) is 2.44. The molecule has 0 saturated carbocycles. The number of likely N-dealkylation sites (tertiary alicyclic amines) is 1. The van der Waals surface area contributed by atoms with Gasteiger partial charge in [0.1, 0.15) is 11.5 Å². The van der Waals surface area contributed by atoms with Gasteiger partial charge in [-0.15, -0.1) is 0 Å². The standard InChI is InChI=1S/C12H21N3O/c1-2-4-10-9-11(14-16-10)12-5-3-7-15(12)8-6-13/h9,12H,2-8,13H2,1H3. The zero-order valence-electron chi connectivity index (χ0n) is 9.98. The summed E-state index contributed by atoms with van der Waals surface area (Å²) in [4.78, 5) is 2.41. The number of nitrogens with two attached hydrogens (primary N) is 1. The van der Waals surface area contributed by atoms with Crippen LogP contribution in [0.5, 0.6) is 0 Å². The first-order valence-corrected chi connectivity index (χ1v) is 6.24. The van der Waals surface area contributed by atoms with Gasteiger partial charge >= 0.3 is 0 Å². The molecule has 0 aromatic carbocycles. The minimum absolute atomic E-state index is 0.429. The van der Waals surface area contributed by atoms with Crippen LogP contribution in [0.1, 0.15) is 43.7 Å². The molecule has 1 aromatic rings. The molecule has 2 heterocycles. The Bertz CT molecular complexity index is 324. The molecule has 1 aromatic heterocycles. The summed E-state index contributed by atoms with van der Waals surface area (Å²) in [5.41, 5.74) is 6.71. The van der Waals surface area contributed by atoms with E-state index in [9.17, 15) is 0 Å². The number of rotatable bonds is 5. The van der Waals surface area contributed by atoms with Crippen molar-refractivity contribution in [1.82, 2.24) is 10.1 Å². The molecular weight excluding hydrogens is 202 g/mol. The third-order valence-corrected chi connectivity index (χ3v) is 3.19. The minimum Gasteiger partial charge on any atom is -0.361 e. The number of nitrogens with zero attached hydrogens (tertiary/aromatic N) is 2. The maximum Gasteiger partial charge on any atom is 0.137 e. The zero-order valence-corrected chi connectivity index (χ0v) is 9.98. The lowest BCUT2D eigenvalue weighted by atomic mass is 10.1. The van der Waals surface area contributed by atoms with E-state index >= 15 is 0 Å². The van der Waals surface area contributed by atoms with E-state index in [1.807, 2.05) is 0 Å². The van der Waals surface area contributed by atoms with Crippen LogP contribution in [0, 0.1) is 0 Å². The van der Waals surface area contributed by atoms with Gasteiger partial charge in [0.15, 0.2) is 0 Å². The molecule has 1 saturated heterocycles. The van der Waals surface area contributed by atoms with Crippen LogP contribution in [-0.2, 0) is 6.42 Å². The fraction of sp³-hybridized carbons (Fsp3) is 0.750. The molecule has 1 atom stereocenters. The van der Waals surface area contributed by atoms with Crippen molar-refractivity contribution in [2.24, 2.45) is 5.73 Å². The summed E-state index contributed by atoms with van der Waals surface area (Å²) in [5.74, 6) is 1.01. The predicted molar refractivity (Wildman–Crippen MR) is 63.1 cm³/mol. The zero-order chi connectivity index (χ0) is 11.4. The first kappa shape index (κ1) is 11.6. The van der Waals surface area contributed by atoms with Crippen molar-refractivity contribution in [3.8, 4) is 0 Å². The lowest BCUT2D eigenvalue weighted by Crippen LogP contribution is -2.29. The molecule has 0 radical (unpaired) electrons. The van der Waals surface area contributed by atoms with Gasteiger partial charge in [-0.2, -0.15) is 0 Å². The summed E-state index contributed by atoms with van der Waals surface area (Å²) in [5, 5.41) is 4.19. The summed E-state index contributed by atoms with van der Waals surface area (Å²) < 4.78 is 5.34. The molecule has 1 aliphatic heterocycles. The Labute approximate surface area is 96.8 Å². The van der Waals surface area contributed by atoms with Gasteiger partial charge in [0.05, 0.1) is 6.04 Å². The Kier molecular flexibility index (Phi) is 3.96. The van der Waals surface area contributed by atoms with Crippen LogP contribution in [0.3, 0.4) is 0 Å². The highest BCUT2D eigenvalue weighted by molar-refractivity contribution is 5.11. The second-order valence-corrected chi connectivity index (χ2v) is 4.45. The highest BCUT2D eigenvalue weighted by Gasteiger charge is 2.27. The van der Waals surface area contributed by atoms with Crippen molar-refractivity contribution in [1.29, 1.82) is 0 Å². The van der Waals surface area contributed by atoms with Crippen molar-refractivity contribution in [3.63, 3.8) is 0 Å². The van der Waals surface area contributed by atoms with Crippen LogP contribution < -0.4 is 5.73 Å². The molecule has 0 aliphatic carbocycles. The molecule has 1 unspecified atom stereocenters. The van der Waals surface area contributed by atoms with Crippen LogP contribution in [-0.4, -0.2) is 29.7 Å². The Hall–Kier alpha value is -0.870. The lowest BCUT2D eigenvalue weighted by molar-refractivity contribution is 0.251. The first-order valence-electron chi connectivity index (χ1n) is 6.24. The van der Waals surface area contributed by atoms with E-state index in [1.165, 1.54) is 12.8 Å². The average molecular weight is 223 g/mol. The van der Waals surface area contributed by atoms with E-state index in [4.69, 9.17) is 10.3 Å². The van der Waals surface area contributed by atoms with Gasteiger partial charge in [0, 0.05) is 25.6 Å². The molecule has 4 nitrogen and oxygen atoms in total. The van der Waals surface area contributed by atoms with Gasteiger partial charge in [0.2, 0.25) is 0 Å². The first-order chi connectivity index (χ1) is 7.85. The molecule has 0 bridgehead atoms. The van der Waals surface area contributed by atoms with Gasteiger partial charge in [-0.1, -0.05) is 12.1 Å². The van der Waals surface area contributed by atoms with Crippen LogP contribution in [0.15, 0.2) is 10.6 Å². The molecule has 1 fully saturated rings. The molecule has 2 N–H and O–H groups in total. The Morgan fingerprint density at radius 3 is 3.25 bits per heavy atom. The maximum atomic E-state index is 5.62. The lowest BCUT2D eigenvalue weighted by Gasteiger charge is -2.21. The van der Waals surface area contributed by atoms with Crippen molar-refractivity contribution in [2.45, 2.75) is 38.6 Å². The van der Waals surface area contributed by atoms with E-state index in [0.717, 1.165) is 43.9 Å². The summed E-state index contributed by atoms with van der Waals surface area (Å²) in [6.45, 7) is 4.97. The van der Waals surface area contributed by atoms with E-state index < -0.39 is 0 Å². The Balaban J connectivity index is 2.04. The molecule has 2 rings (SSSR count). The molecule has 1 aliphatic rings. The van der Waals surface area contributed by atoms with Gasteiger partial charge in [0.25, 0.3) is 0 Å². The normalized spacial score (nSPS) is 21.8. The SMILES string of the molecule is CCCc1cc(C2CCCN2CCN)no1. The van der Waals surface area contributed by atoms with Crippen LogP contribution in [0.4, 0.5) is 0 Å². The quantitative estimate of drug-likeness (QED) is 0.826. The number of hydrogen-bond donors (Lipinski definition) is 1. The fourth-order valence-electron chi connectivity index (χ4n) is 2.44. The molecular formula is C12H21N3O. The van der Waals surface area contributed by atoms with E-state index in [2.05, 4.69) is 23.0 Å². The van der Waals surface area contributed by atoms with Crippen molar-refractivity contribution < 1.29 is 4.52 Å². The van der Waals surface area contributed by atoms with Gasteiger partial charge < -0.3 is 10.3 Å². The number of aromatic nitrogens is 1. The van der Waals surface area contributed by atoms with E-state index in [0.29, 0.717) is 6.04 Å². The largest absolute Gasteiger partial charge is 0.361 e. The molecule has 4 heteroatoms. The maximum absolute atomic E-state index is 5.62. The van der Waals surface area contributed by atoms with Crippen LogP contribution >= 0.6 is 0 Å². The predicted octanol–water partition coefficient (Wildman–Crippen LogP) is 1.72. The number of hydrogen-bond acceptors (Lipinski definition) is 4. The molecule has 0 spiro atoms. The number of aryl methyl sites for hydroxylation is 1. The minimum atomic E-state index is 0.429. The van der Waals surface area contributed by atoms with Crippen molar-refractivity contribution in [3.05, 3.63) is 17.5 Å². The monoisotopic (exact) mass is 223 g/mol. The highest BCUT2D eigenvalue weighted by Crippen LogP contribution is 2.31. The Morgan fingerprint density at radius 1 is 1.62 bits per heavy atom. The van der Waals surface area contributed by atoms with Gasteiger partial charge in [-0.05, 0) is 25.8 Å². The van der Waals surface area contributed by atoms with Gasteiger partial charge in [-0.25, -0.2) is 0 Å². The fourth-order valence-corrected chi connectivity index (χ4v) is 2.44. The average Bonchev–Trinajstić information content (AvgIpc) is 2.87.